The fourth-order valence-corrected chi connectivity index (χ4v) is 3.02. The van der Waals surface area contributed by atoms with Crippen LogP contribution in [0.15, 0.2) is 6.07 Å². The van der Waals surface area contributed by atoms with Crippen molar-refractivity contribution in [2.45, 2.75) is 20.3 Å². The summed E-state index contributed by atoms with van der Waals surface area (Å²) in [5.74, 6) is -1.55. The second kappa shape index (κ2) is 5.53. The molecule has 2 aromatic heterocycles. The largest absolute Gasteiger partial charge is 0.481 e. The number of nitrogens with zero attached hydrogens (tertiary/aromatic N) is 4. The monoisotopic (exact) mass is 317 g/mol. The van der Waals surface area contributed by atoms with Crippen LogP contribution < -0.4 is 0 Å². The van der Waals surface area contributed by atoms with E-state index in [1.807, 2.05) is 20.9 Å². The lowest BCUT2D eigenvalue weighted by Crippen LogP contribution is -2.30. The van der Waals surface area contributed by atoms with Crippen molar-refractivity contribution in [2.24, 2.45) is 13.0 Å². The summed E-state index contributed by atoms with van der Waals surface area (Å²) in [4.78, 5) is 25.0. The number of H-pyrrole nitrogens is 1. The molecule has 2 N–H and O–H groups in total. The Labute approximate surface area is 133 Å². The number of rotatable bonds is 3. The fourth-order valence-electron chi connectivity index (χ4n) is 3.02. The molecule has 0 spiro atoms. The molecule has 0 bridgehead atoms. The smallest absolute Gasteiger partial charge is 0.308 e. The van der Waals surface area contributed by atoms with Crippen LogP contribution in [0.4, 0.5) is 0 Å². The zero-order chi connectivity index (χ0) is 16.7. The van der Waals surface area contributed by atoms with Gasteiger partial charge in [-0.25, -0.2) is 0 Å². The molecule has 1 fully saturated rings. The summed E-state index contributed by atoms with van der Waals surface area (Å²) < 4.78 is 1.78. The molecular formula is C15H19N5O3. The van der Waals surface area contributed by atoms with E-state index in [9.17, 15) is 9.59 Å². The first-order valence-electron chi connectivity index (χ1n) is 7.46. The number of carbonyl (C=O) groups is 2. The van der Waals surface area contributed by atoms with Gasteiger partial charge < -0.3 is 10.0 Å². The minimum Gasteiger partial charge on any atom is -0.481 e. The van der Waals surface area contributed by atoms with Crippen molar-refractivity contribution >= 4 is 11.9 Å². The van der Waals surface area contributed by atoms with Crippen LogP contribution in [0.5, 0.6) is 0 Å². The maximum absolute atomic E-state index is 12.5. The van der Waals surface area contributed by atoms with Crippen molar-refractivity contribution in [2.75, 3.05) is 13.1 Å². The zero-order valence-corrected chi connectivity index (χ0v) is 13.3. The number of aromatic nitrogens is 4. The predicted octanol–water partition coefficient (Wildman–Crippen LogP) is 0.974. The number of aryl methyl sites for hydroxylation is 2. The first-order chi connectivity index (χ1) is 10.9. The molecule has 1 aliphatic heterocycles. The Balaban J connectivity index is 1.82. The minimum atomic E-state index is -0.854. The van der Waals surface area contributed by atoms with Gasteiger partial charge in [0.2, 0.25) is 0 Å². The van der Waals surface area contributed by atoms with Crippen molar-refractivity contribution in [1.29, 1.82) is 0 Å². The predicted molar refractivity (Wildman–Crippen MR) is 81.9 cm³/mol. The molecule has 23 heavy (non-hydrogen) atoms. The van der Waals surface area contributed by atoms with Crippen LogP contribution in [0.2, 0.25) is 0 Å². The normalized spacial score (nSPS) is 17.7. The Kier molecular flexibility index (Phi) is 3.67. The van der Waals surface area contributed by atoms with Gasteiger partial charge >= 0.3 is 5.97 Å². The molecule has 0 aliphatic carbocycles. The first-order valence-corrected chi connectivity index (χ1v) is 7.46. The second-order valence-electron chi connectivity index (χ2n) is 5.91. The second-order valence-corrected chi connectivity index (χ2v) is 5.91. The molecule has 122 valence electrons. The summed E-state index contributed by atoms with van der Waals surface area (Å²) in [5, 5.41) is 20.4. The number of likely N-dealkylation sites (tertiary alicyclic amines) is 1. The van der Waals surface area contributed by atoms with Gasteiger partial charge in [-0.3, -0.25) is 19.4 Å². The average Bonchev–Trinajstić information content (AvgIpc) is 3.19. The third kappa shape index (κ3) is 2.60. The van der Waals surface area contributed by atoms with Crippen molar-refractivity contribution in [1.82, 2.24) is 24.9 Å². The molecule has 3 heterocycles. The highest BCUT2D eigenvalue weighted by Crippen LogP contribution is 2.26. The molecule has 3 rings (SSSR count). The standard InChI is InChI=1S/C15H19N5O3/c1-8-13(9(2)19(3)18-8)11-6-12(17-16-11)14(21)20-5-4-10(7-20)15(22)23/h6,10H,4-5,7H2,1-3H3,(H,16,17)(H,22,23). The minimum absolute atomic E-state index is 0.216. The highest BCUT2D eigenvalue weighted by molar-refractivity contribution is 5.94. The molecule has 1 amide bonds. The van der Waals surface area contributed by atoms with E-state index in [1.54, 1.807) is 15.6 Å². The van der Waals surface area contributed by atoms with Gasteiger partial charge in [-0.15, -0.1) is 0 Å². The summed E-state index contributed by atoms with van der Waals surface area (Å²) in [6, 6.07) is 1.70. The van der Waals surface area contributed by atoms with Gasteiger partial charge in [0.05, 0.1) is 17.3 Å². The maximum atomic E-state index is 12.5. The summed E-state index contributed by atoms with van der Waals surface area (Å²) in [6.07, 6.45) is 0.489. The van der Waals surface area contributed by atoms with E-state index in [4.69, 9.17) is 5.11 Å². The van der Waals surface area contributed by atoms with Crippen LogP contribution in [0.25, 0.3) is 11.3 Å². The topological polar surface area (TPSA) is 104 Å². The van der Waals surface area contributed by atoms with E-state index >= 15 is 0 Å². The summed E-state index contributed by atoms with van der Waals surface area (Å²) in [6.45, 7) is 4.54. The molecule has 0 saturated carbocycles. The van der Waals surface area contributed by atoms with Gasteiger partial charge in [-0.2, -0.15) is 10.2 Å². The SMILES string of the molecule is Cc1nn(C)c(C)c1-c1cc(C(=O)N2CCC(C(=O)O)C2)[nH]n1. The Hall–Kier alpha value is -2.64. The van der Waals surface area contributed by atoms with Crippen molar-refractivity contribution in [3.05, 3.63) is 23.1 Å². The van der Waals surface area contributed by atoms with Gasteiger partial charge in [0.1, 0.15) is 5.69 Å². The fraction of sp³-hybridized carbons (Fsp3) is 0.467. The van der Waals surface area contributed by atoms with Crippen molar-refractivity contribution < 1.29 is 14.7 Å². The molecule has 1 unspecified atom stereocenters. The van der Waals surface area contributed by atoms with Gasteiger partial charge in [-0.1, -0.05) is 0 Å². The molecule has 2 aromatic rings. The number of carbonyl (C=O) groups excluding carboxylic acids is 1. The summed E-state index contributed by atoms with van der Waals surface area (Å²) >= 11 is 0. The molecule has 0 aromatic carbocycles. The zero-order valence-electron chi connectivity index (χ0n) is 13.3. The molecule has 1 atom stereocenters. The summed E-state index contributed by atoms with van der Waals surface area (Å²) in [7, 11) is 1.86. The van der Waals surface area contributed by atoms with Crippen LogP contribution in [0.1, 0.15) is 28.3 Å². The van der Waals surface area contributed by atoms with E-state index in [0.29, 0.717) is 24.4 Å². The van der Waals surface area contributed by atoms with Gasteiger partial charge in [0.15, 0.2) is 0 Å². The van der Waals surface area contributed by atoms with Crippen LogP contribution in [-0.4, -0.2) is 55.0 Å². The lowest BCUT2D eigenvalue weighted by molar-refractivity contribution is -0.141. The van der Waals surface area contributed by atoms with E-state index < -0.39 is 11.9 Å². The van der Waals surface area contributed by atoms with Crippen molar-refractivity contribution in [3.63, 3.8) is 0 Å². The van der Waals surface area contributed by atoms with E-state index in [1.165, 1.54) is 0 Å². The molecule has 0 radical (unpaired) electrons. The number of aliphatic carboxylic acids is 1. The van der Waals surface area contributed by atoms with Crippen LogP contribution in [0, 0.1) is 19.8 Å². The number of amides is 1. The van der Waals surface area contributed by atoms with Crippen LogP contribution >= 0.6 is 0 Å². The molecule has 1 aliphatic rings. The van der Waals surface area contributed by atoms with Gasteiger partial charge in [0, 0.05) is 31.4 Å². The van der Waals surface area contributed by atoms with Crippen molar-refractivity contribution in [3.8, 4) is 11.3 Å². The Bertz CT molecular complexity index is 776. The first kappa shape index (κ1) is 15.3. The molecular weight excluding hydrogens is 298 g/mol. The molecule has 8 nitrogen and oxygen atoms in total. The maximum Gasteiger partial charge on any atom is 0.308 e. The number of carboxylic acids is 1. The summed E-state index contributed by atoms with van der Waals surface area (Å²) in [5.41, 5.74) is 3.77. The van der Waals surface area contributed by atoms with E-state index in [-0.39, 0.29) is 12.5 Å². The quantitative estimate of drug-likeness (QED) is 0.878. The van der Waals surface area contributed by atoms with Gasteiger partial charge in [-0.05, 0) is 26.3 Å². The highest BCUT2D eigenvalue weighted by atomic mass is 16.4. The lowest BCUT2D eigenvalue weighted by Gasteiger charge is -2.13. The number of nitrogens with one attached hydrogen (secondary N) is 1. The lowest BCUT2D eigenvalue weighted by atomic mass is 10.1. The van der Waals surface area contributed by atoms with Crippen LogP contribution in [0.3, 0.4) is 0 Å². The molecule has 8 heteroatoms. The average molecular weight is 317 g/mol. The number of aromatic amines is 1. The molecule has 1 saturated heterocycles. The Morgan fingerprint density at radius 3 is 2.70 bits per heavy atom. The number of carboxylic acid groups (broad SMARTS) is 1. The Morgan fingerprint density at radius 2 is 2.13 bits per heavy atom. The van der Waals surface area contributed by atoms with E-state index in [2.05, 4.69) is 15.3 Å². The highest BCUT2D eigenvalue weighted by Gasteiger charge is 2.32. The van der Waals surface area contributed by atoms with Crippen LogP contribution in [-0.2, 0) is 11.8 Å². The number of hydrogen-bond acceptors (Lipinski definition) is 4. The third-order valence-electron chi connectivity index (χ3n) is 4.40. The van der Waals surface area contributed by atoms with Gasteiger partial charge in [0.25, 0.3) is 5.91 Å². The number of hydrogen-bond donors (Lipinski definition) is 2. The third-order valence-corrected chi connectivity index (χ3v) is 4.40. The Morgan fingerprint density at radius 1 is 1.39 bits per heavy atom. The van der Waals surface area contributed by atoms with E-state index in [0.717, 1.165) is 17.0 Å².